The highest BCUT2D eigenvalue weighted by Crippen LogP contribution is 2.08. The molecule has 4 nitrogen and oxygen atoms in total. The highest BCUT2D eigenvalue weighted by Gasteiger charge is 2.06. The summed E-state index contributed by atoms with van der Waals surface area (Å²) in [6.07, 6.45) is 1.56. The molecule has 0 spiro atoms. The number of rotatable bonds is 2. The molecule has 64 valence electrons. The van der Waals surface area contributed by atoms with Crippen LogP contribution in [0.1, 0.15) is 12.5 Å². The predicted molar refractivity (Wildman–Crippen MR) is 49.1 cm³/mol. The zero-order valence-corrected chi connectivity index (χ0v) is 7.06. The molecule has 0 saturated heterocycles. The van der Waals surface area contributed by atoms with Gasteiger partial charge in [-0.25, -0.2) is 0 Å². The fraction of sp³-hybridized carbons (Fsp3) is 0.250. The molecule has 0 atom stereocenters. The Labute approximate surface area is 70.1 Å². The normalized spacial score (nSPS) is 9.50. The monoisotopic (exact) mass is 165 g/mol. The van der Waals surface area contributed by atoms with E-state index in [9.17, 15) is 4.79 Å². The molecular formula is C8H11N3O. The Kier molecular flexibility index (Phi) is 2.28. The fourth-order valence-corrected chi connectivity index (χ4v) is 1.06. The molecule has 0 amide bonds. The Balaban J connectivity index is 3.40. The number of anilines is 1. The number of nitrogens with one attached hydrogen (secondary N) is 3. The second-order valence-electron chi connectivity index (χ2n) is 2.47. The average Bonchev–Trinajstić information content (AvgIpc) is 2.03. The van der Waals surface area contributed by atoms with E-state index in [4.69, 9.17) is 5.41 Å². The smallest absolute Gasteiger partial charge is 0.259 e. The van der Waals surface area contributed by atoms with Crippen LogP contribution in [0, 0.1) is 5.41 Å². The van der Waals surface area contributed by atoms with Crippen molar-refractivity contribution in [3.05, 3.63) is 28.2 Å². The fourth-order valence-electron chi connectivity index (χ4n) is 1.06. The minimum atomic E-state index is -0.227. The second-order valence-corrected chi connectivity index (χ2v) is 2.47. The molecule has 0 aliphatic carbocycles. The summed E-state index contributed by atoms with van der Waals surface area (Å²) in [6, 6.07) is 1.73. The van der Waals surface area contributed by atoms with Gasteiger partial charge in [0.15, 0.2) is 0 Å². The van der Waals surface area contributed by atoms with Crippen LogP contribution in [0.2, 0.25) is 0 Å². The van der Waals surface area contributed by atoms with Crippen molar-refractivity contribution in [3.63, 3.8) is 0 Å². The summed E-state index contributed by atoms with van der Waals surface area (Å²) in [5, 5.41) is 10.2. The highest BCUT2D eigenvalue weighted by molar-refractivity contribution is 6.00. The van der Waals surface area contributed by atoms with Gasteiger partial charge in [0.1, 0.15) is 0 Å². The lowest BCUT2D eigenvalue weighted by Gasteiger charge is -2.04. The largest absolute Gasteiger partial charge is 0.387 e. The SMILES string of the molecule is CNc1cc[nH]c(=O)c1C(C)=N. The quantitative estimate of drug-likeness (QED) is 0.567. The molecule has 0 bridgehead atoms. The Morgan fingerprint density at radius 1 is 1.67 bits per heavy atom. The van der Waals surface area contributed by atoms with Gasteiger partial charge in [-0.2, -0.15) is 0 Å². The van der Waals surface area contributed by atoms with Crippen molar-refractivity contribution in [2.45, 2.75) is 6.92 Å². The maximum absolute atomic E-state index is 11.2. The van der Waals surface area contributed by atoms with Crippen molar-refractivity contribution in [2.24, 2.45) is 0 Å². The van der Waals surface area contributed by atoms with Crippen LogP contribution in [0.25, 0.3) is 0 Å². The molecule has 1 heterocycles. The van der Waals surface area contributed by atoms with Crippen LogP contribution in [-0.4, -0.2) is 17.7 Å². The van der Waals surface area contributed by atoms with Gasteiger partial charge in [0, 0.05) is 24.6 Å². The summed E-state index contributed by atoms with van der Waals surface area (Å²) in [4.78, 5) is 13.7. The van der Waals surface area contributed by atoms with Crippen LogP contribution in [0.5, 0.6) is 0 Å². The Morgan fingerprint density at radius 3 is 2.75 bits per heavy atom. The standard InChI is InChI=1S/C8H11N3O/c1-5(9)7-6(10-2)3-4-11-8(7)12/h3-4,9H,1-2H3,(H2,10,11,12). The van der Waals surface area contributed by atoms with Gasteiger partial charge in [-0.15, -0.1) is 0 Å². The Morgan fingerprint density at radius 2 is 2.33 bits per heavy atom. The number of hydrogen-bond donors (Lipinski definition) is 3. The third kappa shape index (κ3) is 1.37. The zero-order chi connectivity index (χ0) is 9.14. The maximum Gasteiger partial charge on any atom is 0.259 e. The minimum absolute atomic E-state index is 0.227. The first kappa shape index (κ1) is 8.52. The Bertz CT molecular complexity index is 354. The molecule has 1 aromatic heterocycles. The minimum Gasteiger partial charge on any atom is -0.387 e. The maximum atomic E-state index is 11.2. The van der Waals surface area contributed by atoms with Crippen LogP contribution in [0.4, 0.5) is 5.69 Å². The third-order valence-corrected chi connectivity index (χ3v) is 1.61. The van der Waals surface area contributed by atoms with Crippen molar-refractivity contribution >= 4 is 11.4 Å². The number of aromatic nitrogens is 1. The summed E-state index contributed by atoms with van der Waals surface area (Å²) >= 11 is 0. The molecule has 0 aromatic carbocycles. The van der Waals surface area contributed by atoms with Gasteiger partial charge in [-0.05, 0) is 13.0 Å². The summed E-state index contributed by atoms with van der Waals surface area (Å²) in [6.45, 7) is 1.59. The first-order chi connectivity index (χ1) is 5.66. The van der Waals surface area contributed by atoms with E-state index < -0.39 is 0 Å². The molecule has 0 unspecified atom stereocenters. The summed E-state index contributed by atoms with van der Waals surface area (Å²) in [5.41, 5.74) is 1.13. The summed E-state index contributed by atoms with van der Waals surface area (Å²) < 4.78 is 0. The first-order valence-corrected chi connectivity index (χ1v) is 3.61. The zero-order valence-electron chi connectivity index (χ0n) is 7.06. The van der Waals surface area contributed by atoms with E-state index >= 15 is 0 Å². The van der Waals surface area contributed by atoms with Gasteiger partial charge in [0.2, 0.25) is 0 Å². The van der Waals surface area contributed by atoms with Crippen LogP contribution in [0.15, 0.2) is 17.1 Å². The lowest BCUT2D eigenvalue weighted by molar-refractivity contribution is 1.21. The predicted octanol–water partition coefficient (Wildman–Crippen LogP) is 0.804. The molecule has 0 radical (unpaired) electrons. The van der Waals surface area contributed by atoms with Gasteiger partial charge in [-0.1, -0.05) is 0 Å². The summed E-state index contributed by atoms with van der Waals surface area (Å²) in [7, 11) is 1.72. The van der Waals surface area contributed by atoms with E-state index in [-0.39, 0.29) is 11.3 Å². The first-order valence-electron chi connectivity index (χ1n) is 3.61. The van der Waals surface area contributed by atoms with Crippen molar-refractivity contribution in [1.29, 1.82) is 5.41 Å². The van der Waals surface area contributed by atoms with Crippen molar-refractivity contribution < 1.29 is 0 Å². The molecule has 0 aliphatic rings. The highest BCUT2D eigenvalue weighted by atomic mass is 16.1. The number of aromatic amines is 1. The molecule has 3 N–H and O–H groups in total. The van der Waals surface area contributed by atoms with Gasteiger partial charge in [0.05, 0.1) is 5.56 Å². The molecule has 1 aromatic rings. The number of hydrogen-bond acceptors (Lipinski definition) is 3. The van der Waals surface area contributed by atoms with Crippen LogP contribution >= 0.6 is 0 Å². The molecule has 0 aliphatic heterocycles. The lowest BCUT2D eigenvalue weighted by atomic mass is 10.1. The summed E-state index contributed by atoms with van der Waals surface area (Å²) in [5.74, 6) is 0. The molecular weight excluding hydrogens is 154 g/mol. The molecule has 1 rings (SSSR count). The molecule has 0 fully saturated rings. The molecule has 12 heavy (non-hydrogen) atoms. The third-order valence-electron chi connectivity index (χ3n) is 1.61. The van der Waals surface area contributed by atoms with Gasteiger partial charge < -0.3 is 15.7 Å². The van der Waals surface area contributed by atoms with E-state index in [1.807, 2.05) is 0 Å². The lowest BCUT2D eigenvalue weighted by Crippen LogP contribution is -2.17. The average molecular weight is 165 g/mol. The van der Waals surface area contributed by atoms with Crippen LogP contribution in [0.3, 0.4) is 0 Å². The Hall–Kier alpha value is -1.58. The molecule has 0 saturated carbocycles. The second kappa shape index (κ2) is 3.21. The van der Waals surface area contributed by atoms with E-state index in [1.54, 1.807) is 26.2 Å². The topological polar surface area (TPSA) is 68.7 Å². The van der Waals surface area contributed by atoms with Crippen LogP contribution < -0.4 is 10.9 Å². The van der Waals surface area contributed by atoms with Crippen molar-refractivity contribution in [3.8, 4) is 0 Å². The van der Waals surface area contributed by atoms with Crippen molar-refractivity contribution in [2.75, 3.05) is 12.4 Å². The molecule has 4 heteroatoms. The van der Waals surface area contributed by atoms with Crippen LogP contribution in [-0.2, 0) is 0 Å². The van der Waals surface area contributed by atoms with E-state index in [0.29, 0.717) is 11.3 Å². The van der Waals surface area contributed by atoms with Crippen molar-refractivity contribution in [1.82, 2.24) is 4.98 Å². The number of pyridine rings is 1. The van der Waals surface area contributed by atoms with E-state index in [2.05, 4.69) is 10.3 Å². The van der Waals surface area contributed by atoms with Gasteiger partial charge >= 0.3 is 0 Å². The van der Waals surface area contributed by atoms with E-state index in [1.165, 1.54) is 0 Å². The van der Waals surface area contributed by atoms with E-state index in [0.717, 1.165) is 0 Å². The van der Waals surface area contributed by atoms with Gasteiger partial charge in [0.25, 0.3) is 5.56 Å². The van der Waals surface area contributed by atoms with Gasteiger partial charge in [-0.3, -0.25) is 4.79 Å². The number of H-pyrrole nitrogens is 1.